The Kier molecular flexibility index (Phi) is 7.46. The zero-order valence-electron chi connectivity index (χ0n) is 16.4. The highest BCUT2D eigenvalue weighted by atomic mass is 32.2. The molecule has 1 atom stereocenters. The van der Waals surface area contributed by atoms with Gasteiger partial charge in [0.2, 0.25) is 15.9 Å². The van der Waals surface area contributed by atoms with E-state index in [1.165, 1.54) is 25.1 Å². The van der Waals surface area contributed by atoms with Crippen molar-refractivity contribution in [2.45, 2.75) is 32.0 Å². The molecule has 10 heteroatoms. The van der Waals surface area contributed by atoms with Crippen molar-refractivity contribution in [3.8, 4) is 0 Å². The van der Waals surface area contributed by atoms with Crippen LogP contribution < -0.4 is 9.62 Å². The third-order valence-corrected chi connectivity index (χ3v) is 5.61. The predicted octanol–water partition coefficient (Wildman–Crippen LogP) is 3.75. The van der Waals surface area contributed by atoms with Crippen LogP contribution in [0.5, 0.6) is 0 Å². The molecule has 0 aromatic heterocycles. The molecule has 0 bridgehead atoms. The maximum atomic E-state index is 13.0. The van der Waals surface area contributed by atoms with Crippen molar-refractivity contribution in [3.05, 3.63) is 65.5 Å². The number of benzene rings is 2. The van der Waals surface area contributed by atoms with Crippen LogP contribution in [0.4, 0.5) is 23.2 Å². The van der Waals surface area contributed by atoms with Gasteiger partial charge >= 0.3 is 6.18 Å². The van der Waals surface area contributed by atoms with Crippen molar-refractivity contribution in [2.75, 3.05) is 17.1 Å². The number of nitrogens with zero attached hydrogens (tertiary/aromatic N) is 1. The van der Waals surface area contributed by atoms with Crippen molar-refractivity contribution in [2.24, 2.45) is 0 Å². The normalized spacial score (nSPS) is 13.0. The summed E-state index contributed by atoms with van der Waals surface area (Å²) in [6.45, 7) is 1.53. The fourth-order valence-corrected chi connectivity index (χ4v) is 4.10. The van der Waals surface area contributed by atoms with E-state index >= 15 is 0 Å². The second-order valence-corrected chi connectivity index (χ2v) is 8.66. The Morgan fingerprint density at radius 2 is 1.77 bits per heavy atom. The molecule has 2 aromatic carbocycles. The first-order chi connectivity index (χ1) is 13.9. The number of hydrogen-bond acceptors (Lipinski definition) is 3. The summed E-state index contributed by atoms with van der Waals surface area (Å²) in [5, 5.41) is 2.59. The molecule has 0 spiro atoms. The first kappa shape index (κ1) is 23.7. The van der Waals surface area contributed by atoms with Crippen LogP contribution in [-0.4, -0.2) is 33.2 Å². The number of carbonyl (C=O) groups is 1. The Morgan fingerprint density at radius 3 is 2.33 bits per heavy atom. The van der Waals surface area contributed by atoms with E-state index in [0.29, 0.717) is 23.2 Å². The van der Waals surface area contributed by atoms with Crippen LogP contribution in [0, 0.1) is 5.82 Å². The fourth-order valence-electron chi connectivity index (χ4n) is 2.93. The molecule has 0 fully saturated rings. The number of amides is 1. The summed E-state index contributed by atoms with van der Waals surface area (Å²) in [7, 11) is -4.03. The van der Waals surface area contributed by atoms with Gasteiger partial charge in [-0.25, -0.2) is 12.8 Å². The fraction of sp³-hybridized carbons (Fsp3) is 0.350. The molecule has 0 aliphatic rings. The average molecular weight is 446 g/mol. The minimum Gasteiger partial charge on any atom is -0.354 e. The number of rotatable bonds is 8. The van der Waals surface area contributed by atoms with E-state index in [-0.39, 0.29) is 18.0 Å². The maximum absolute atomic E-state index is 13.0. The molecule has 5 nitrogen and oxygen atoms in total. The van der Waals surface area contributed by atoms with Crippen LogP contribution >= 0.6 is 0 Å². The Morgan fingerprint density at radius 1 is 1.13 bits per heavy atom. The number of hydrogen-bond donors (Lipinski definition) is 1. The van der Waals surface area contributed by atoms with E-state index in [0.717, 1.165) is 24.0 Å². The lowest BCUT2D eigenvalue weighted by Crippen LogP contribution is -2.48. The second kappa shape index (κ2) is 9.46. The first-order valence-electron chi connectivity index (χ1n) is 9.08. The lowest BCUT2D eigenvalue weighted by Gasteiger charge is -2.28. The molecule has 0 heterocycles. The third-order valence-electron chi connectivity index (χ3n) is 4.37. The van der Waals surface area contributed by atoms with Crippen LogP contribution in [0.2, 0.25) is 0 Å². The van der Waals surface area contributed by atoms with Gasteiger partial charge < -0.3 is 5.32 Å². The minimum atomic E-state index is -4.65. The molecule has 1 amide bonds. The molecule has 1 N–H and O–H groups in total. The Balaban J connectivity index is 2.07. The standard InChI is InChI=1S/C20H22F4N2O3S/c1-14(19(27)25-12-4-5-15-8-10-17(21)11-9-15)26(30(2,28)29)18-7-3-6-16(13-18)20(22,23)24/h3,6-11,13-14H,4-5,12H2,1-2H3,(H,25,27)/t14-/m0/s1. The highest BCUT2D eigenvalue weighted by molar-refractivity contribution is 7.92. The lowest BCUT2D eigenvalue weighted by molar-refractivity contribution is -0.137. The van der Waals surface area contributed by atoms with Gasteiger partial charge in [0.25, 0.3) is 0 Å². The summed E-state index contributed by atoms with van der Waals surface area (Å²) in [6.07, 6.45) is -2.73. The molecular weight excluding hydrogens is 424 g/mol. The summed E-state index contributed by atoms with van der Waals surface area (Å²) in [4.78, 5) is 12.5. The molecular formula is C20H22F4N2O3S. The summed E-state index contributed by atoms with van der Waals surface area (Å²) in [6, 6.07) is 8.46. The van der Waals surface area contributed by atoms with Gasteiger partial charge in [0.15, 0.2) is 0 Å². The molecule has 0 saturated carbocycles. The number of halogens is 4. The summed E-state index contributed by atoms with van der Waals surface area (Å²) < 4.78 is 77.0. The smallest absolute Gasteiger partial charge is 0.354 e. The monoisotopic (exact) mass is 446 g/mol. The van der Waals surface area contributed by atoms with Gasteiger partial charge in [-0.15, -0.1) is 0 Å². The average Bonchev–Trinajstić information content (AvgIpc) is 2.65. The molecule has 2 rings (SSSR count). The molecule has 0 aliphatic heterocycles. The number of anilines is 1. The highest BCUT2D eigenvalue weighted by Crippen LogP contribution is 2.32. The zero-order chi connectivity index (χ0) is 22.5. The predicted molar refractivity (Wildman–Crippen MR) is 106 cm³/mol. The van der Waals surface area contributed by atoms with Crippen molar-refractivity contribution < 1.29 is 30.8 Å². The molecule has 2 aromatic rings. The van der Waals surface area contributed by atoms with Crippen molar-refractivity contribution in [1.82, 2.24) is 5.32 Å². The van der Waals surface area contributed by atoms with Crippen LogP contribution in [0.1, 0.15) is 24.5 Å². The van der Waals surface area contributed by atoms with Crippen LogP contribution in [0.15, 0.2) is 48.5 Å². The highest BCUT2D eigenvalue weighted by Gasteiger charge is 2.33. The van der Waals surface area contributed by atoms with Gasteiger partial charge in [0, 0.05) is 6.54 Å². The molecule has 0 unspecified atom stereocenters. The largest absolute Gasteiger partial charge is 0.416 e. The Bertz CT molecular complexity index is 976. The van der Waals surface area contributed by atoms with E-state index in [1.54, 1.807) is 12.1 Å². The summed E-state index contributed by atoms with van der Waals surface area (Å²) >= 11 is 0. The lowest BCUT2D eigenvalue weighted by atomic mass is 10.1. The summed E-state index contributed by atoms with van der Waals surface area (Å²) in [5.74, 6) is -0.992. The van der Waals surface area contributed by atoms with Crippen LogP contribution in [-0.2, 0) is 27.4 Å². The molecule has 164 valence electrons. The van der Waals surface area contributed by atoms with Gasteiger partial charge in [-0.3, -0.25) is 9.10 Å². The van der Waals surface area contributed by atoms with Gasteiger partial charge in [-0.1, -0.05) is 18.2 Å². The molecule has 0 aliphatic carbocycles. The van der Waals surface area contributed by atoms with Crippen molar-refractivity contribution >= 4 is 21.6 Å². The third kappa shape index (κ3) is 6.45. The van der Waals surface area contributed by atoms with E-state index in [2.05, 4.69) is 5.32 Å². The molecule has 30 heavy (non-hydrogen) atoms. The second-order valence-electron chi connectivity index (χ2n) is 6.80. The van der Waals surface area contributed by atoms with Gasteiger partial charge in [0.1, 0.15) is 11.9 Å². The van der Waals surface area contributed by atoms with Crippen LogP contribution in [0.25, 0.3) is 0 Å². The Hall–Kier alpha value is -2.62. The Labute approximate surface area is 172 Å². The minimum absolute atomic E-state index is 0.223. The number of sulfonamides is 1. The van der Waals surface area contributed by atoms with Crippen LogP contribution in [0.3, 0.4) is 0 Å². The van der Waals surface area contributed by atoms with Crippen molar-refractivity contribution in [3.63, 3.8) is 0 Å². The number of nitrogens with one attached hydrogen (secondary N) is 1. The number of carbonyl (C=O) groups excluding carboxylic acids is 1. The maximum Gasteiger partial charge on any atom is 0.416 e. The SMILES string of the molecule is C[C@@H](C(=O)NCCCc1ccc(F)cc1)N(c1cccc(C(F)(F)F)c1)S(C)(=O)=O. The molecule has 0 saturated heterocycles. The van der Waals surface area contributed by atoms with E-state index < -0.39 is 33.7 Å². The topological polar surface area (TPSA) is 66.5 Å². The van der Waals surface area contributed by atoms with E-state index in [4.69, 9.17) is 0 Å². The summed E-state index contributed by atoms with van der Waals surface area (Å²) in [5.41, 5.74) is -0.387. The molecule has 0 radical (unpaired) electrons. The first-order valence-corrected chi connectivity index (χ1v) is 10.9. The van der Waals surface area contributed by atoms with E-state index in [1.807, 2.05) is 0 Å². The van der Waals surface area contributed by atoms with Gasteiger partial charge in [-0.05, 0) is 55.7 Å². The van der Waals surface area contributed by atoms with Gasteiger partial charge in [0.05, 0.1) is 17.5 Å². The van der Waals surface area contributed by atoms with E-state index in [9.17, 15) is 30.8 Å². The quantitative estimate of drug-likeness (QED) is 0.496. The number of aryl methyl sites for hydroxylation is 1. The van der Waals surface area contributed by atoms with Crippen molar-refractivity contribution in [1.29, 1.82) is 0 Å². The zero-order valence-corrected chi connectivity index (χ0v) is 17.2. The van der Waals surface area contributed by atoms with Gasteiger partial charge in [-0.2, -0.15) is 13.2 Å². The number of alkyl halides is 3.